The van der Waals surface area contributed by atoms with E-state index in [2.05, 4.69) is 25.6 Å². The number of anilines is 2. The highest BCUT2D eigenvalue weighted by Gasteiger charge is 2.38. The van der Waals surface area contributed by atoms with Crippen molar-refractivity contribution in [2.75, 3.05) is 36.4 Å². The quantitative estimate of drug-likeness (QED) is 0.649. The molecule has 1 aromatic carbocycles. The minimum absolute atomic E-state index is 0.102. The van der Waals surface area contributed by atoms with Gasteiger partial charge in [0.1, 0.15) is 5.69 Å². The van der Waals surface area contributed by atoms with E-state index in [0.29, 0.717) is 31.7 Å². The van der Waals surface area contributed by atoms with Crippen molar-refractivity contribution in [2.45, 2.75) is 12.7 Å². The van der Waals surface area contributed by atoms with E-state index < -0.39 is 17.7 Å². The lowest BCUT2D eigenvalue weighted by Gasteiger charge is -2.32. The predicted octanol–water partition coefficient (Wildman–Crippen LogP) is 3.20. The minimum atomic E-state index is -4.86. The first-order chi connectivity index (χ1) is 13.9. The van der Waals surface area contributed by atoms with Crippen LogP contribution in [-0.2, 0) is 12.7 Å². The van der Waals surface area contributed by atoms with Gasteiger partial charge in [0.2, 0.25) is 0 Å². The highest BCUT2D eigenvalue weighted by molar-refractivity contribution is 5.75. The van der Waals surface area contributed by atoms with Gasteiger partial charge in [-0.3, -0.25) is 9.97 Å². The van der Waals surface area contributed by atoms with Gasteiger partial charge in [-0.15, -0.1) is 0 Å². The van der Waals surface area contributed by atoms with Crippen molar-refractivity contribution in [1.29, 1.82) is 0 Å². The first kappa shape index (κ1) is 19.3. The molecule has 0 unspecified atom stereocenters. The number of benzene rings is 1. The smallest absolute Gasteiger partial charge is 0.378 e. The maximum Gasteiger partial charge on any atom is 0.436 e. The SMILES string of the molecule is Fc1c(C(F)(F)F)ncc(NCc2ccc3nccnc3c2)c1N1CCNCC1. The molecular weight excluding hydrogens is 388 g/mol. The van der Waals surface area contributed by atoms with Crippen molar-refractivity contribution in [3.05, 3.63) is 53.9 Å². The van der Waals surface area contributed by atoms with E-state index in [4.69, 9.17) is 0 Å². The maximum atomic E-state index is 14.8. The van der Waals surface area contributed by atoms with Crippen LogP contribution in [0.15, 0.2) is 36.8 Å². The Morgan fingerprint density at radius 2 is 1.76 bits per heavy atom. The van der Waals surface area contributed by atoms with Crippen molar-refractivity contribution >= 4 is 22.4 Å². The summed E-state index contributed by atoms with van der Waals surface area (Å²) in [5.41, 5.74) is 0.888. The third kappa shape index (κ3) is 4.07. The van der Waals surface area contributed by atoms with Gasteiger partial charge in [-0.1, -0.05) is 6.07 Å². The van der Waals surface area contributed by atoms with Crippen molar-refractivity contribution in [1.82, 2.24) is 20.3 Å². The first-order valence-corrected chi connectivity index (χ1v) is 9.08. The molecule has 0 bridgehead atoms. The Morgan fingerprint density at radius 1 is 1.03 bits per heavy atom. The average molecular weight is 406 g/mol. The van der Waals surface area contributed by atoms with Gasteiger partial charge in [-0.2, -0.15) is 13.2 Å². The summed E-state index contributed by atoms with van der Waals surface area (Å²) in [6.45, 7) is 2.20. The summed E-state index contributed by atoms with van der Waals surface area (Å²) >= 11 is 0. The van der Waals surface area contributed by atoms with E-state index in [1.165, 1.54) is 0 Å². The summed E-state index contributed by atoms with van der Waals surface area (Å²) in [7, 11) is 0. The summed E-state index contributed by atoms with van der Waals surface area (Å²) in [5.74, 6) is -1.35. The zero-order valence-corrected chi connectivity index (χ0v) is 15.3. The van der Waals surface area contributed by atoms with Gasteiger partial charge in [0.05, 0.1) is 22.9 Å². The van der Waals surface area contributed by atoms with Gasteiger partial charge < -0.3 is 15.5 Å². The van der Waals surface area contributed by atoms with Crippen molar-refractivity contribution < 1.29 is 17.6 Å². The van der Waals surface area contributed by atoms with Crippen LogP contribution in [0.5, 0.6) is 0 Å². The molecule has 3 aromatic rings. The Kier molecular flexibility index (Phi) is 5.18. The van der Waals surface area contributed by atoms with Crippen LogP contribution in [0.4, 0.5) is 28.9 Å². The Balaban J connectivity index is 1.65. The summed E-state index contributed by atoms with van der Waals surface area (Å²) in [6.07, 6.45) is -0.638. The number of nitrogens with zero attached hydrogens (tertiary/aromatic N) is 4. The fourth-order valence-corrected chi connectivity index (χ4v) is 3.32. The summed E-state index contributed by atoms with van der Waals surface area (Å²) in [6, 6.07) is 5.47. The predicted molar refractivity (Wildman–Crippen MR) is 101 cm³/mol. The molecule has 6 nitrogen and oxygen atoms in total. The van der Waals surface area contributed by atoms with Gasteiger partial charge in [0.15, 0.2) is 11.5 Å². The number of hydrogen-bond acceptors (Lipinski definition) is 6. The molecule has 1 fully saturated rings. The van der Waals surface area contributed by atoms with E-state index in [9.17, 15) is 17.6 Å². The van der Waals surface area contributed by atoms with E-state index in [0.717, 1.165) is 17.3 Å². The molecule has 3 heterocycles. The molecule has 0 spiro atoms. The second-order valence-electron chi connectivity index (χ2n) is 6.65. The fraction of sp³-hybridized carbons (Fsp3) is 0.316. The van der Waals surface area contributed by atoms with Crippen LogP contribution >= 0.6 is 0 Å². The highest BCUT2D eigenvalue weighted by Crippen LogP contribution is 2.37. The lowest BCUT2D eigenvalue weighted by Crippen LogP contribution is -2.44. The number of nitrogens with one attached hydrogen (secondary N) is 2. The Morgan fingerprint density at radius 3 is 2.48 bits per heavy atom. The lowest BCUT2D eigenvalue weighted by atomic mass is 10.1. The van der Waals surface area contributed by atoms with Crippen LogP contribution < -0.4 is 15.5 Å². The monoisotopic (exact) mass is 406 g/mol. The minimum Gasteiger partial charge on any atom is -0.378 e. The molecule has 1 saturated heterocycles. The second-order valence-corrected chi connectivity index (χ2v) is 6.65. The van der Waals surface area contributed by atoms with Crippen LogP contribution in [0.1, 0.15) is 11.3 Å². The van der Waals surface area contributed by atoms with Gasteiger partial charge in [-0.25, -0.2) is 9.37 Å². The number of piperazine rings is 1. The number of rotatable bonds is 4. The van der Waals surface area contributed by atoms with Gasteiger partial charge >= 0.3 is 6.18 Å². The molecule has 2 aromatic heterocycles. The van der Waals surface area contributed by atoms with Crippen LogP contribution in [-0.4, -0.2) is 41.1 Å². The summed E-state index contributed by atoms with van der Waals surface area (Å²) < 4.78 is 54.3. The molecule has 0 saturated carbocycles. The zero-order chi connectivity index (χ0) is 20.4. The molecule has 10 heteroatoms. The number of halogens is 4. The van der Waals surface area contributed by atoms with E-state index >= 15 is 0 Å². The standard InChI is InChI=1S/C19H18F4N6/c20-16-17(29-7-5-24-6-8-29)15(11-28-18(16)19(21,22)23)27-10-12-1-2-13-14(9-12)26-4-3-25-13/h1-4,9,11,24,27H,5-8,10H2. The molecule has 0 aliphatic carbocycles. The number of aromatic nitrogens is 3. The fourth-order valence-electron chi connectivity index (χ4n) is 3.32. The normalized spacial score (nSPS) is 15.0. The number of hydrogen-bond donors (Lipinski definition) is 2. The van der Waals surface area contributed by atoms with Gasteiger partial charge in [0.25, 0.3) is 0 Å². The van der Waals surface area contributed by atoms with Crippen LogP contribution in [0.2, 0.25) is 0 Å². The molecule has 0 radical (unpaired) electrons. The number of alkyl halides is 3. The molecular formula is C19H18F4N6. The highest BCUT2D eigenvalue weighted by atomic mass is 19.4. The lowest BCUT2D eigenvalue weighted by molar-refractivity contribution is -0.143. The van der Waals surface area contributed by atoms with Gasteiger partial charge in [-0.05, 0) is 17.7 Å². The Labute approximate surface area is 164 Å². The molecule has 2 N–H and O–H groups in total. The van der Waals surface area contributed by atoms with Crippen LogP contribution in [0.25, 0.3) is 11.0 Å². The van der Waals surface area contributed by atoms with Crippen molar-refractivity contribution in [2.24, 2.45) is 0 Å². The molecule has 0 amide bonds. The molecule has 0 atom stereocenters. The third-order valence-corrected chi connectivity index (χ3v) is 4.71. The summed E-state index contributed by atoms with van der Waals surface area (Å²) in [4.78, 5) is 13.4. The van der Waals surface area contributed by atoms with Crippen LogP contribution in [0.3, 0.4) is 0 Å². The number of pyridine rings is 1. The average Bonchev–Trinajstić information content (AvgIpc) is 2.71. The van der Waals surface area contributed by atoms with Crippen molar-refractivity contribution in [3.8, 4) is 0 Å². The van der Waals surface area contributed by atoms with Crippen molar-refractivity contribution in [3.63, 3.8) is 0 Å². The largest absolute Gasteiger partial charge is 0.436 e. The Bertz CT molecular complexity index is 1020. The van der Waals surface area contributed by atoms with E-state index in [1.807, 2.05) is 18.2 Å². The first-order valence-electron chi connectivity index (χ1n) is 9.08. The topological polar surface area (TPSA) is 66.0 Å². The molecule has 29 heavy (non-hydrogen) atoms. The number of fused-ring (bicyclic) bond motifs is 1. The van der Waals surface area contributed by atoms with E-state index in [1.54, 1.807) is 17.3 Å². The molecule has 152 valence electrons. The molecule has 1 aliphatic rings. The molecule has 1 aliphatic heterocycles. The van der Waals surface area contributed by atoms with Gasteiger partial charge in [0, 0.05) is 45.1 Å². The second kappa shape index (κ2) is 7.78. The Hall–Kier alpha value is -3.01. The van der Waals surface area contributed by atoms with Crippen LogP contribution in [0, 0.1) is 5.82 Å². The maximum absolute atomic E-state index is 14.8. The summed E-state index contributed by atoms with van der Waals surface area (Å²) in [5, 5.41) is 6.14. The van der Waals surface area contributed by atoms with E-state index in [-0.39, 0.29) is 17.9 Å². The molecule has 4 rings (SSSR count). The third-order valence-electron chi connectivity index (χ3n) is 4.71. The zero-order valence-electron chi connectivity index (χ0n) is 15.3.